The van der Waals surface area contributed by atoms with Crippen LogP contribution in [0.25, 0.3) is 0 Å². The lowest BCUT2D eigenvalue weighted by Crippen LogP contribution is -1.88. The van der Waals surface area contributed by atoms with Crippen molar-refractivity contribution in [3.8, 4) is 0 Å². The highest BCUT2D eigenvalue weighted by Gasteiger charge is 1.79. The molecule has 1 aromatic rings. The van der Waals surface area contributed by atoms with Crippen LogP contribution in [0.4, 0.5) is 5.82 Å². The van der Waals surface area contributed by atoms with Gasteiger partial charge in [0.1, 0.15) is 5.82 Å². The predicted molar refractivity (Wildman–Crippen MR) is 60.7 cm³/mol. The molecule has 1 aromatic heterocycles. The average molecular weight is 272 g/mol. The summed E-state index contributed by atoms with van der Waals surface area (Å²) in [5.41, 5.74) is 0. The summed E-state index contributed by atoms with van der Waals surface area (Å²) >= 11 is 0. The summed E-state index contributed by atoms with van der Waals surface area (Å²) in [6.45, 7) is 0. The summed E-state index contributed by atoms with van der Waals surface area (Å²) in [5.74, 6) is 0.910. The molecule has 0 unspecified atom stereocenters. The first-order valence-corrected chi connectivity index (χ1v) is 6.43. The number of nitrogens with one attached hydrogen (secondary N) is 1. The maximum Gasteiger partial charge on any atom is 0.314 e. The van der Waals surface area contributed by atoms with Gasteiger partial charge in [-0.1, -0.05) is 6.07 Å². The molecular formula is C6H14N2O6P2. The molecule has 0 aliphatic rings. The van der Waals surface area contributed by atoms with Crippen LogP contribution in [-0.4, -0.2) is 31.6 Å². The van der Waals surface area contributed by atoms with E-state index in [0.717, 1.165) is 5.82 Å². The Kier molecular flexibility index (Phi) is 13.6. The Balaban J connectivity index is 0. The van der Waals surface area contributed by atoms with E-state index in [-0.39, 0.29) is 0 Å². The van der Waals surface area contributed by atoms with Crippen molar-refractivity contribution >= 4 is 22.3 Å². The molecule has 0 fully saturated rings. The Labute approximate surface area is 93.5 Å². The van der Waals surface area contributed by atoms with Crippen molar-refractivity contribution in [3.63, 3.8) is 0 Å². The van der Waals surface area contributed by atoms with Crippen LogP contribution in [-0.2, 0) is 9.13 Å². The van der Waals surface area contributed by atoms with Gasteiger partial charge in [0.2, 0.25) is 0 Å². The van der Waals surface area contributed by atoms with Gasteiger partial charge < -0.3 is 24.9 Å². The zero-order chi connectivity index (χ0) is 13.0. The Morgan fingerprint density at radius 2 is 1.56 bits per heavy atom. The monoisotopic (exact) mass is 272 g/mol. The summed E-state index contributed by atoms with van der Waals surface area (Å²) < 4.78 is 17.5. The van der Waals surface area contributed by atoms with Gasteiger partial charge in [-0.25, -0.2) is 4.98 Å². The van der Waals surface area contributed by atoms with Gasteiger partial charge in [-0.15, -0.1) is 0 Å². The second-order valence-electron chi connectivity index (χ2n) is 2.03. The lowest BCUT2D eigenvalue weighted by molar-refractivity contribution is 0.403. The number of anilines is 1. The van der Waals surface area contributed by atoms with E-state index < -0.39 is 16.5 Å². The summed E-state index contributed by atoms with van der Waals surface area (Å²) in [5, 5.41) is 2.92. The molecule has 0 aliphatic carbocycles. The van der Waals surface area contributed by atoms with Crippen LogP contribution >= 0.6 is 16.5 Å². The van der Waals surface area contributed by atoms with Crippen molar-refractivity contribution in [1.82, 2.24) is 4.98 Å². The fraction of sp³-hybridized carbons (Fsp3) is 0.167. The molecule has 0 amide bonds. The van der Waals surface area contributed by atoms with Crippen LogP contribution in [0, 0.1) is 0 Å². The van der Waals surface area contributed by atoms with Crippen molar-refractivity contribution in [2.75, 3.05) is 12.4 Å². The van der Waals surface area contributed by atoms with E-state index in [4.69, 9.17) is 28.7 Å². The van der Waals surface area contributed by atoms with Gasteiger partial charge >= 0.3 is 16.5 Å². The largest absolute Gasteiger partial charge is 0.373 e. The molecule has 0 spiro atoms. The van der Waals surface area contributed by atoms with Crippen LogP contribution in [0.15, 0.2) is 24.4 Å². The van der Waals surface area contributed by atoms with E-state index >= 15 is 0 Å². The van der Waals surface area contributed by atoms with Gasteiger partial charge in [-0.3, -0.25) is 9.13 Å². The quantitative estimate of drug-likeness (QED) is 0.444. The van der Waals surface area contributed by atoms with Gasteiger partial charge in [0, 0.05) is 13.2 Å². The van der Waals surface area contributed by atoms with E-state index in [9.17, 15) is 0 Å². The van der Waals surface area contributed by atoms with Crippen LogP contribution in [0.3, 0.4) is 0 Å². The molecule has 0 bridgehead atoms. The lowest BCUT2D eigenvalue weighted by Gasteiger charge is -1.92. The van der Waals surface area contributed by atoms with Gasteiger partial charge in [-0.05, 0) is 12.1 Å². The average Bonchev–Trinajstić information content (AvgIpc) is 2.17. The highest BCUT2D eigenvalue weighted by molar-refractivity contribution is 7.31. The first-order chi connectivity index (χ1) is 7.40. The number of pyridine rings is 1. The summed E-state index contributed by atoms with van der Waals surface area (Å²) in [7, 11) is -4.41. The molecule has 1 heterocycles. The molecular weight excluding hydrogens is 258 g/mol. The highest BCUT2D eigenvalue weighted by atomic mass is 31.1. The topological polar surface area (TPSA) is 140 Å². The minimum absolute atomic E-state index is 0.910. The Hall–Kier alpha value is -0.750. The Morgan fingerprint density at radius 1 is 1.12 bits per heavy atom. The van der Waals surface area contributed by atoms with Gasteiger partial charge in [0.15, 0.2) is 0 Å². The summed E-state index contributed by atoms with van der Waals surface area (Å²) in [4.78, 5) is 32.6. The van der Waals surface area contributed by atoms with Gasteiger partial charge in [0.25, 0.3) is 0 Å². The normalized spacial score (nSPS) is 8.69. The van der Waals surface area contributed by atoms with Crippen LogP contribution in [0.2, 0.25) is 0 Å². The van der Waals surface area contributed by atoms with E-state index in [2.05, 4.69) is 10.3 Å². The molecule has 0 atom stereocenters. The molecule has 94 valence electrons. The third-order valence-electron chi connectivity index (χ3n) is 0.921. The maximum atomic E-state index is 8.74. The first-order valence-electron chi connectivity index (χ1n) is 3.82. The third kappa shape index (κ3) is 23.2. The smallest absolute Gasteiger partial charge is 0.314 e. The molecule has 0 radical (unpaired) electrons. The Bertz CT molecular complexity index is 289. The van der Waals surface area contributed by atoms with Crippen molar-refractivity contribution < 1.29 is 28.7 Å². The lowest BCUT2D eigenvalue weighted by atomic mass is 10.5. The summed E-state index contributed by atoms with van der Waals surface area (Å²) in [6.07, 6.45) is 1.76. The SMILES string of the molecule is CNc1ccccn1.O=[PH](O)O.O=[PH](O)O. The molecule has 0 aliphatic heterocycles. The van der Waals surface area contributed by atoms with Crippen molar-refractivity contribution in [3.05, 3.63) is 24.4 Å². The number of nitrogens with zero attached hydrogens (tertiary/aromatic N) is 1. The molecule has 10 heteroatoms. The van der Waals surface area contributed by atoms with E-state index in [1.165, 1.54) is 0 Å². The van der Waals surface area contributed by atoms with Crippen molar-refractivity contribution in [2.45, 2.75) is 0 Å². The zero-order valence-electron chi connectivity index (χ0n) is 8.36. The zero-order valence-corrected chi connectivity index (χ0v) is 10.4. The molecule has 0 saturated heterocycles. The number of rotatable bonds is 1. The Morgan fingerprint density at radius 3 is 1.75 bits per heavy atom. The van der Waals surface area contributed by atoms with E-state index in [1.807, 2.05) is 25.2 Å². The van der Waals surface area contributed by atoms with E-state index in [0.29, 0.717) is 0 Å². The molecule has 16 heavy (non-hydrogen) atoms. The minimum atomic E-state index is -3.13. The molecule has 5 N–H and O–H groups in total. The number of hydrogen-bond acceptors (Lipinski definition) is 4. The minimum Gasteiger partial charge on any atom is -0.373 e. The third-order valence-corrected chi connectivity index (χ3v) is 0.921. The standard InChI is InChI=1S/C6H8N2.2H3O3P/c1-7-6-4-2-3-5-8-6;2*1-4(2)3/h2-5H,1H3,(H,7,8);2*4H,(H2,1,2,3). The fourth-order valence-corrected chi connectivity index (χ4v) is 0.511. The first kappa shape index (κ1) is 17.6. The fourth-order valence-electron chi connectivity index (χ4n) is 0.511. The van der Waals surface area contributed by atoms with Gasteiger partial charge in [-0.2, -0.15) is 0 Å². The molecule has 8 nitrogen and oxygen atoms in total. The van der Waals surface area contributed by atoms with Crippen LogP contribution in [0.1, 0.15) is 0 Å². The number of hydrogen-bond donors (Lipinski definition) is 5. The highest BCUT2D eigenvalue weighted by Crippen LogP contribution is 1.99. The maximum absolute atomic E-state index is 8.74. The number of aromatic nitrogens is 1. The van der Waals surface area contributed by atoms with Crippen LogP contribution in [0.5, 0.6) is 0 Å². The molecule has 0 aromatic carbocycles. The second-order valence-corrected chi connectivity index (χ2v) is 3.16. The van der Waals surface area contributed by atoms with Crippen LogP contribution < -0.4 is 5.32 Å². The molecule has 1 rings (SSSR count). The van der Waals surface area contributed by atoms with Gasteiger partial charge in [0.05, 0.1) is 0 Å². The summed E-state index contributed by atoms with van der Waals surface area (Å²) in [6, 6.07) is 5.75. The second kappa shape index (κ2) is 12.3. The predicted octanol–water partition coefficient (Wildman–Crippen LogP) is -0.155. The van der Waals surface area contributed by atoms with E-state index in [1.54, 1.807) is 6.20 Å². The van der Waals surface area contributed by atoms with Crippen molar-refractivity contribution in [1.29, 1.82) is 0 Å². The molecule has 0 saturated carbocycles. The van der Waals surface area contributed by atoms with Crippen molar-refractivity contribution in [2.24, 2.45) is 0 Å².